The highest BCUT2D eigenvalue weighted by Gasteiger charge is 2.15. The van der Waals surface area contributed by atoms with Crippen molar-refractivity contribution in [2.24, 2.45) is 0 Å². The minimum absolute atomic E-state index is 0.0281. The molecule has 0 aromatic heterocycles. The summed E-state index contributed by atoms with van der Waals surface area (Å²) in [5.74, 6) is -0.161. The van der Waals surface area contributed by atoms with Crippen LogP contribution in [-0.2, 0) is 4.79 Å². The smallest absolute Gasteiger partial charge is 0.269 e. The van der Waals surface area contributed by atoms with Crippen LogP contribution in [0.25, 0.3) is 0 Å². The van der Waals surface area contributed by atoms with Crippen molar-refractivity contribution in [2.75, 3.05) is 5.32 Å². The van der Waals surface area contributed by atoms with E-state index in [0.717, 1.165) is 4.90 Å². The number of thioether (sulfide) groups is 1. The first-order chi connectivity index (χ1) is 10.5. The third-order valence-electron chi connectivity index (χ3n) is 2.82. The van der Waals surface area contributed by atoms with E-state index in [4.69, 9.17) is 11.6 Å². The summed E-state index contributed by atoms with van der Waals surface area (Å²) in [5.41, 5.74) is 0.661. The van der Waals surface area contributed by atoms with Crippen LogP contribution < -0.4 is 5.32 Å². The van der Waals surface area contributed by atoms with Crippen molar-refractivity contribution in [2.45, 2.75) is 17.1 Å². The highest BCUT2D eigenvalue weighted by atomic mass is 35.5. The average molecular weight is 337 g/mol. The maximum Gasteiger partial charge on any atom is 0.269 e. The lowest BCUT2D eigenvalue weighted by molar-refractivity contribution is -0.384. The summed E-state index contributed by atoms with van der Waals surface area (Å²) < 4.78 is 0. The number of non-ortho nitro benzene ring substituents is 1. The van der Waals surface area contributed by atoms with Gasteiger partial charge in [-0.15, -0.1) is 11.8 Å². The van der Waals surface area contributed by atoms with Crippen LogP contribution >= 0.6 is 23.4 Å². The Balaban J connectivity index is 1.97. The van der Waals surface area contributed by atoms with E-state index in [-0.39, 0.29) is 16.8 Å². The standard InChI is InChI=1S/C15H13ClN2O3S/c1-10(15(19)17-12-4-2-3-11(16)9-12)22-14-7-5-13(6-8-14)18(20)21/h2-10H,1H3,(H,17,19)/t10-/m0/s1. The molecule has 114 valence electrons. The Kier molecular flexibility index (Phi) is 5.41. The third kappa shape index (κ3) is 4.47. The Morgan fingerprint density at radius 3 is 2.55 bits per heavy atom. The number of nitrogens with zero attached hydrogens (tertiary/aromatic N) is 1. The normalized spacial score (nSPS) is 11.7. The number of carbonyl (C=O) groups excluding carboxylic acids is 1. The number of nitro benzene ring substituents is 1. The topological polar surface area (TPSA) is 72.2 Å². The van der Waals surface area contributed by atoms with Crippen LogP contribution in [0.5, 0.6) is 0 Å². The molecule has 0 unspecified atom stereocenters. The van der Waals surface area contributed by atoms with Gasteiger partial charge in [0.25, 0.3) is 5.69 Å². The second-order valence-corrected chi connectivity index (χ2v) is 6.36. The van der Waals surface area contributed by atoms with E-state index in [1.165, 1.54) is 23.9 Å². The monoisotopic (exact) mass is 336 g/mol. The predicted molar refractivity (Wildman–Crippen MR) is 88.5 cm³/mol. The molecule has 0 saturated heterocycles. The van der Waals surface area contributed by atoms with Crippen LogP contribution in [0.4, 0.5) is 11.4 Å². The first kappa shape index (κ1) is 16.3. The molecule has 0 radical (unpaired) electrons. The summed E-state index contributed by atoms with van der Waals surface area (Å²) in [5, 5.41) is 13.6. The number of nitro groups is 1. The number of hydrogen-bond acceptors (Lipinski definition) is 4. The van der Waals surface area contributed by atoms with Crippen molar-refractivity contribution in [1.82, 2.24) is 0 Å². The van der Waals surface area contributed by atoms with E-state index in [9.17, 15) is 14.9 Å². The maximum absolute atomic E-state index is 12.1. The van der Waals surface area contributed by atoms with Gasteiger partial charge in [-0.25, -0.2) is 0 Å². The Hall–Kier alpha value is -2.05. The molecule has 5 nitrogen and oxygen atoms in total. The molecule has 1 atom stereocenters. The van der Waals surface area contributed by atoms with Gasteiger partial charge in [-0.05, 0) is 37.3 Å². The van der Waals surface area contributed by atoms with Crippen LogP contribution in [0.2, 0.25) is 5.02 Å². The average Bonchev–Trinajstić information content (AvgIpc) is 2.47. The summed E-state index contributed by atoms with van der Waals surface area (Å²) in [6.45, 7) is 1.77. The molecule has 2 rings (SSSR count). The van der Waals surface area contributed by atoms with Crippen LogP contribution in [-0.4, -0.2) is 16.1 Å². The zero-order valence-electron chi connectivity index (χ0n) is 11.7. The van der Waals surface area contributed by atoms with Crippen LogP contribution in [0.1, 0.15) is 6.92 Å². The van der Waals surface area contributed by atoms with E-state index in [0.29, 0.717) is 10.7 Å². The number of anilines is 1. The van der Waals surface area contributed by atoms with E-state index >= 15 is 0 Å². The Labute approximate surface area is 136 Å². The van der Waals surface area contributed by atoms with Crippen molar-refractivity contribution >= 4 is 40.6 Å². The quantitative estimate of drug-likeness (QED) is 0.500. The number of amides is 1. The summed E-state index contributed by atoms with van der Waals surface area (Å²) >= 11 is 7.19. The van der Waals surface area contributed by atoms with Gasteiger partial charge in [-0.1, -0.05) is 17.7 Å². The van der Waals surface area contributed by atoms with Gasteiger partial charge in [0.1, 0.15) is 0 Å². The highest BCUT2D eigenvalue weighted by molar-refractivity contribution is 8.00. The lowest BCUT2D eigenvalue weighted by Gasteiger charge is -2.12. The van der Waals surface area contributed by atoms with Crippen LogP contribution in [0, 0.1) is 10.1 Å². The molecule has 0 aliphatic heterocycles. The molecule has 2 aromatic carbocycles. The molecule has 0 fully saturated rings. The molecule has 7 heteroatoms. The zero-order chi connectivity index (χ0) is 16.1. The molecule has 0 aliphatic carbocycles. The Morgan fingerprint density at radius 2 is 1.95 bits per heavy atom. The molecule has 1 N–H and O–H groups in total. The van der Waals surface area contributed by atoms with E-state index < -0.39 is 4.92 Å². The van der Waals surface area contributed by atoms with Gasteiger partial charge in [0, 0.05) is 27.7 Å². The first-order valence-corrected chi connectivity index (χ1v) is 7.69. The number of rotatable bonds is 5. The number of carbonyl (C=O) groups is 1. The van der Waals surface area contributed by atoms with E-state index in [1.807, 2.05) is 0 Å². The second kappa shape index (κ2) is 7.29. The second-order valence-electron chi connectivity index (χ2n) is 4.51. The summed E-state index contributed by atoms with van der Waals surface area (Å²) in [4.78, 5) is 23.1. The molecule has 0 spiro atoms. The molecule has 2 aromatic rings. The molecular formula is C15H13ClN2O3S. The third-order valence-corrected chi connectivity index (χ3v) is 4.17. The van der Waals surface area contributed by atoms with Crippen LogP contribution in [0.3, 0.4) is 0 Å². The lowest BCUT2D eigenvalue weighted by atomic mass is 10.3. The van der Waals surface area contributed by atoms with E-state index in [1.54, 1.807) is 43.3 Å². The number of hydrogen-bond donors (Lipinski definition) is 1. The van der Waals surface area contributed by atoms with Gasteiger partial charge in [0.2, 0.25) is 5.91 Å². The summed E-state index contributed by atoms with van der Waals surface area (Å²) in [7, 11) is 0. The fourth-order valence-electron chi connectivity index (χ4n) is 1.71. The number of nitrogens with one attached hydrogen (secondary N) is 1. The fourth-order valence-corrected chi connectivity index (χ4v) is 2.77. The summed E-state index contributed by atoms with van der Waals surface area (Å²) in [6.07, 6.45) is 0. The lowest BCUT2D eigenvalue weighted by Crippen LogP contribution is -2.22. The van der Waals surface area contributed by atoms with Gasteiger partial charge in [0.15, 0.2) is 0 Å². The van der Waals surface area contributed by atoms with Gasteiger partial charge >= 0.3 is 0 Å². The minimum Gasteiger partial charge on any atom is -0.325 e. The maximum atomic E-state index is 12.1. The van der Waals surface area contributed by atoms with Gasteiger partial charge in [-0.3, -0.25) is 14.9 Å². The predicted octanol–water partition coefficient (Wildman–Crippen LogP) is 4.37. The van der Waals surface area contributed by atoms with Crippen molar-refractivity contribution in [3.63, 3.8) is 0 Å². The molecule has 0 heterocycles. The van der Waals surface area contributed by atoms with Crippen molar-refractivity contribution < 1.29 is 9.72 Å². The minimum atomic E-state index is -0.455. The molecule has 1 amide bonds. The molecule has 22 heavy (non-hydrogen) atoms. The molecule has 0 saturated carbocycles. The first-order valence-electron chi connectivity index (χ1n) is 6.43. The SMILES string of the molecule is C[C@H](Sc1ccc([N+](=O)[O-])cc1)C(=O)Nc1cccc(Cl)c1. The Morgan fingerprint density at radius 1 is 1.27 bits per heavy atom. The zero-order valence-corrected chi connectivity index (χ0v) is 13.2. The number of halogens is 1. The summed E-state index contributed by atoms with van der Waals surface area (Å²) in [6, 6.07) is 13.0. The van der Waals surface area contributed by atoms with Crippen LogP contribution in [0.15, 0.2) is 53.4 Å². The van der Waals surface area contributed by atoms with Crippen molar-refractivity contribution in [3.8, 4) is 0 Å². The van der Waals surface area contributed by atoms with Gasteiger partial charge in [0.05, 0.1) is 10.2 Å². The van der Waals surface area contributed by atoms with E-state index in [2.05, 4.69) is 5.32 Å². The number of benzene rings is 2. The van der Waals surface area contributed by atoms with Crippen molar-refractivity contribution in [1.29, 1.82) is 0 Å². The largest absolute Gasteiger partial charge is 0.325 e. The van der Waals surface area contributed by atoms with Gasteiger partial charge in [-0.2, -0.15) is 0 Å². The molecule has 0 bridgehead atoms. The molecular weight excluding hydrogens is 324 g/mol. The highest BCUT2D eigenvalue weighted by Crippen LogP contribution is 2.26. The fraction of sp³-hybridized carbons (Fsp3) is 0.133. The Bertz CT molecular complexity index is 691. The van der Waals surface area contributed by atoms with Crippen molar-refractivity contribution in [3.05, 3.63) is 63.7 Å². The van der Waals surface area contributed by atoms with Gasteiger partial charge < -0.3 is 5.32 Å². The molecule has 0 aliphatic rings.